The molecule has 1 aliphatic heterocycles. The minimum Gasteiger partial charge on any atom is -0.357 e. The molecule has 1 fully saturated rings. The first-order valence-corrected chi connectivity index (χ1v) is 12.3. The Balaban J connectivity index is 1.43. The van der Waals surface area contributed by atoms with Crippen LogP contribution in [0.15, 0.2) is 71.9 Å². The Kier molecular flexibility index (Phi) is 7.02. The van der Waals surface area contributed by atoms with Crippen molar-refractivity contribution in [1.82, 2.24) is 9.88 Å². The number of rotatable bonds is 6. The first-order valence-electron chi connectivity index (χ1n) is 10.4. The second kappa shape index (κ2) is 9.84. The second-order valence-electron chi connectivity index (χ2n) is 7.87. The molecule has 1 aromatic heterocycles. The summed E-state index contributed by atoms with van der Waals surface area (Å²) in [7, 11) is -5.38. The molecule has 0 atom stereocenters. The third kappa shape index (κ3) is 5.42. The van der Waals surface area contributed by atoms with Gasteiger partial charge in [-0.3, -0.25) is 14.7 Å². The maximum Gasteiger partial charge on any atom is 0.501 e. The molecule has 2 aromatic carbocycles. The molecule has 12 heteroatoms. The van der Waals surface area contributed by atoms with E-state index in [1.165, 1.54) is 12.1 Å². The molecule has 1 saturated heterocycles. The number of amides is 1. The zero-order chi connectivity index (χ0) is 25.2. The van der Waals surface area contributed by atoms with E-state index in [4.69, 9.17) is 11.6 Å². The predicted molar refractivity (Wildman–Crippen MR) is 126 cm³/mol. The number of hydrogen-bond acceptors (Lipinski definition) is 6. The van der Waals surface area contributed by atoms with Crippen molar-refractivity contribution >= 4 is 38.7 Å². The molecule has 0 radical (unpaired) electrons. The van der Waals surface area contributed by atoms with Crippen molar-refractivity contribution in [3.8, 4) is 0 Å². The Hall–Kier alpha value is -3.15. The lowest BCUT2D eigenvalue weighted by atomic mass is 10.1. The van der Waals surface area contributed by atoms with E-state index in [9.17, 15) is 26.4 Å². The van der Waals surface area contributed by atoms with Crippen LogP contribution < -0.4 is 10.2 Å². The second-order valence-corrected chi connectivity index (χ2v) is 10.2. The minimum atomic E-state index is -5.38. The maximum atomic E-state index is 12.8. The first kappa shape index (κ1) is 25.0. The Morgan fingerprint density at radius 1 is 1.06 bits per heavy atom. The van der Waals surface area contributed by atoms with Crippen LogP contribution >= 0.6 is 11.6 Å². The highest BCUT2D eigenvalue weighted by atomic mass is 35.5. The summed E-state index contributed by atoms with van der Waals surface area (Å²) in [5.74, 6) is -0.359. The van der Waals surface area contributed by atoms with Gasteiger partial charge in [0.1, 0.15) is 0 Å². The third-order valence-electron chi connectivity index (χ3n) is 5.55. The number of carbonyl (C=O) groups is 1. The van der Waals surface area contributed by atoms with Gasteiger partial charge in [-0.2, -0.15) is 13.2 Å². The SMILES string of the molecule is O=C(Nc1cnccc1CN1CCN(c2ccc(S(=O)(=O)C(F)(F)F)cc2)C1)c1ccccc1Cl. The number of sulfone groups is 1. The van der Waals surface area contributed by atoms with Gasteiger partial charge in [-0.05, 0) is 48.0 Å². The fourth-order valence-corrected chi connectivity index (χ4v) is 4.69. The molecule has 4 rings (SSSR count). The number of pyridine rings is 1. The highest BCUT2D eigenvalue weighted by molar-refractivity contribution is 7.92. The van der Waals surface area contributed by atoms with Crippen molar-refractivity contribution < 1.29 is 26.4 Å². The lowest BCUT2D eigenvalue weighted by molar-refractivity contribution is -0.0436. The average Bonchev–Trinajstić information content (AvgIpc) is 3.28. The Bertz CT molecular complexity index is 1330. The molecule has 0 bridgehead atoms. The van der Waals surface area contributed by atoms with E-state index < -0.39 is 20.2 Å². The smallest absolute Gasteiger partial charge is 0.357 e. The van der Waals surface area contributed by atoms with Crippen LogP contribution in [0.2, 0.25) is 5.02 Å². The molecule has 35 heavy (non-hydrogen) atoms. The van der Waals surface area contributed by atoms with Crippen LogP contribution in [0.3, 0.4) is 0 Å². The van der Waals surface area contributed by atoms with Crippen molar-refractivity contribution in [2.24, 2.45) is 0 Å². The van der Waals surface area contributed by atoms with E-state index in [0.29, 0.717) is 48.3 Å². The first-order chi connectivity index (χ1) is 16.6. The molecular weight excluding hydrogens is 505 g/mol. The fraction of sp³-hybridized carbons (Fsp3) is 0.217. The van der Waals surface area contributed by atoms with Crippen LogP contribution in [-0.2, 0) is 16.4 Å². The number of aromatic nitrogens is 1. The molecule has 0 saturated carbocycles. The number of hydrogen-bond donors (Lipinski definition) is 1. The van der Waals surface area contributed by atoms with Crippen LogP contribution in [0.1, 0.15) is 15.9 Å². The summed E-state index contributed by atoms with van der Waals surface area (Å²) in [6, 6.07) is 13.2. The van der Waals surface area contributed by atoms with Gasteiger partial charge in [-0.1, -0.05) is 23.7 Å². The number of alkyl halides is 3. The van der Waals surface area contributed by atoms with E-state index in [0.717, 1.165) is 17.7 Å². The van der Waals surface area contributed by atoms with E-state index in [1.807, 2.05) is 4.90 Å². The van der Waals surface area contributed by atoms with E-state index >= 15 is 0 Å². The van der Waals surface area contributed by atoms with Gasteiger partial charge in [-0.25, -0.2) is 8.42 Å². The topological polar surface area (TPSA) is 82.6 Å². The summed E-state index contributed by atoms with van der Waals surface area (Å²) in [5.41, 5.74) is -3.03. The zero-order valence-electron chi connectivity index (χ0n) is 18.2. The molecule has 184 valence electrons. The Labute approximate surface area is 205 Å². The van der Waals surface area contributed by atoms with E-state index in [1.54, 1.807) is 42.7 Å². The molecular formula is C23H20ClF3N4O3S. The quantitative estimate of drug-likeness (QED) is 0.509. The maximum absolute atomic E-state index is 12.8. The lowest BCUT2D eigenvalue weighted by Crippen LogP contribution is -2.26. The molecule has 0 unspecified atom stereocenters. The zero-order valence-corrected chi connectivity index (χ0v) is 19.7. The summed E-state index contributed by atoms with van der Waals surface area (Å²) >= 11 is 6.11. The molecule has 2 heterocycles. The van der Waals surface area contributed by atoms with Gasteiger partial charge in [0.2, 0.25) is 0 Å². The van der Waals surface area contributed by atoms with Gasteiger partial charge in [0.25, 0.3) is 15.7 Å². The summed E-state index contributed by atoms with van der Waals surface area (Å²) < 4.78 is 61.4. The monoisotopic (exact) mass is 524 g/mol. The number of carbonyl (C=O) groups excluding carboxylic acids is 1. The van der Waals surface area contributed by atoms with Crippen molar-refractivity contribution in [1.29, 1.82) is 0 Å². The normalized spacial score (nSPS) is 14.8. The highest BCUT2D eigenvalue weighted by Crippen LogP contribution is 2.31. The van der Waals surface area contributed by atoms with E-state index in [2.05, 4.69) is 15.2 Å². The molecule has 0 aliphatic carbocycles. The lowest BCUT2D eigenvalue weighted by Gasteiger charge is -2.21. The molecule has 1 aliphatic rings. The summed E-state index contributed by atoms with van der Waals surface area (Å²) in [5, 5.41) is 3.18. The van der Waals surface area contributed by atoms with Gasteiger partial charge < -0.3 is 10.2 Å². The third-order valence-corrected chi connectivity index (χ3v) is 7.38. The Morgan fingerprint density at radius 2 is 1.77 bits per heavy atom. The van der Waals surface area contributed by atoms with Crippen LogP contribution in [0.4, 0.5) is 24.5 Å². The largest absolute Gasteiger partial charge is 0.501 e. The highest BCUT2D eigenvalue weighted by Gasteiger charge is 2.46. The van der Waals surface area contributed by atoms with Crippen LogP contribution in [0.25, 0.3) is 0 Å². The fourth-order valence-electron chi connectivity index (χ4n) is 3.70. The number of benzene rings is 2. The van der Waals surface area contributed by atoms with Crippen molar-refractivity contribution in [3.63, 3.8) is 0 Å². The molecule has 1 amide bonds. The van der Waals surface area contributed by atoms with Gasteiger partial charge >= 0.3 is 5.51 Å². The average molecular weight is 525 g/mol. The molecule has 0 spiro atoms. The summed E-state index contributed by atoms with van der Waals surface area (Å²) in [6.45, 7) is 2.20. The van der Waals surface area contributed by atoms with Crippen LogP contribution in [0.5, 0.6) is 0 Å². The van der Waals surface area contributed by atoms with Crippen LogP contribution in [-0.4, -0.2) is 49.5 Å². The van der Waals surface area contributed by atoms with Crippen molar-refractivity contribution in [2.45, 2.75) is 16.9 Å². The molecule has 7 nitrogen and oxygen atoms in total. The number of nitrogens with zero attached hydrogens (tertiary/aromatic N) is 3. The predicted octanol–water partition coefficient (Wildman–Crippen LogP) is 4.56. The number of anilines is 2. The molecule has 1 N–H and O–H groups in total. The summed E-state index contributed by atoms with van der Waals surface area (Å²) in [6.07, 6.45) is 3.17. The van der Waals surface area contributed by atoms with Gasteiger partial charge in [0, 0.05) is 31.5 Å². The van der Waals surface area contributed by atoms with E-state index in [-0.39, 0.29) is 5.91 Å². The standard InChI is InChI=1S/C23H20ClF3N4O3S/c24-20-4-2-1-3-19(20)22(32)29-21-13-28-10-9-16(21)14-30-11-12-31(15-30)17-5-7-18(8-6-17)35(33,34)23(25,26)27/h1-10,13H,11-12,14-15H2,(H,29,32). The van der Waals surface area contributed by atoms with Crippen molar-refractivity contribution in [2.75, 3.05) is 30.0 Å². The summed E-state index contributed by atoms with van der Waals surface area (Å²) in [4.78, 5) is 20.0. The van der Waals surface area contributed by atoms with Gasteiger partial charge in [-0.15, -0.1) is 0 Å². The van der Waals surface area contributed by atoms with Gasteiger partial charge in [0.05, 0.1) is 34.0 Å². The van der Waals surface area contributed by atoms with Crippen molar-refractivity contribution in [3.05, 3.63) is 83.1 Å². The van der Waals surface area contributed by atoms with Crippen LogP contribution in [0, 0.1) is 0 Å². The number of nitrogens with one attached hydrogen (secondary N) is 1. The minimum absolute atomic E-state index is 0.333. The Morgan fingerprint density at radius 3 is 2.46 bits per heavy atom. The van der Waals surface area contributed by atoms with Gasteiger partial charge in [0.15, 0.2) is 0 Å². The number of halogens is 4. The molecule has 3 aromatic rings.